The van der Waals surface area contributed by atoms with E-state index in [1.807, 2.05) is 20.8 Å². The lowest BCUT2D eigenvalue weighted by atomic mass is 10.1. The Hall–Kier alpha value is -2.37. The van der Waals surface area contributed by atoms with Gasteiger partial charge in [0.25, 0.3) is 11.8 Å². The van der Waals surface area contributed by atoms with E-state index in [0.717, 1.165) is 0 Å². The van der Waals surface area contributed by atoms with Gasteiger partial charge in [-0.15, -0.1) is 0 Å². The van der Waals surface area contributed by atoms with Gasteiger partial charge in [-0.1, -0.05) is 13.3 Å². The first-order valence-corrected chi connectivity index (χ1v) is 7.87. The Labute approximate surface area is 136 Å². The summed E-state index contributed by atoms with van der Waals surface area (Å²) in [5.41, 5.74) is 0.844. The molecule has 0 aromatic heterocycles. The number of aliphatic carboxylic acids is 1. The van der Waals surface area contributed by atoms with Crippen LogP contribution < -0.4 is 5.32 Å². The Morgan fingerprint density at radius 2 is 1.57 bits per heavy atom. The van der Waals surface area contributed by atoms with Gasteiger partial charge in [0.1, 0.15) is 6.04 Å². The summed E-state index contributed by atoms with van der Waals surface area (Å²) in [6.45, 7) is 6.91. The van der Waals surface area contributed by atoms with E-state index >= 15 is 0 Å². The lowest BCUT2D eigenvalue weighted by Crippen LogP contribution is -2.40. The van der Waals surface area contributed by atoms with Crippen LogP contribution in [0.25, 0.3) is 0 Å². The number of amides is 2. The van der Waals surface area contributed by atoms with Crippen molar-refractivity contribution in [2.75, 3.05) is 13.1 Å². The molecule has 0 aliphatic carbocycles. The highest BCUT2D eigenvalue weighted by atomic mass is 16.4. The number of nitrogens with zero attached hydrogens (tertiary/aromatic N) is 1. The number of rotatable bonds is 8. The molecule has 0 spiro atoms. The molecule has 1 aromatic rings. The zero-order valence-corrected chi connectivity index (χ0v) is 13.8. The number of hydrogen-bond donors (Lipinski definition) is 2. The van der Waals surface area contributed by atoms with Gasteiger partial charge in [0, 0.05) is 24.2 Å². The number of nitrogens with one attached hydrogen (secondary N) is 1. The standard InChI is InChI=1S/C17H24N2O4/c1-4-7-14(17(22)23)18-15(20)12-8-10-13(11-9-12)16(21)19(5-2)6-3/h8-11,14H,4-7H2,1-3H3,(H,18,20)(H,22,23). The van der Waals surface area contributed by atoms with Crippen molar-refractivity contribution in [2.24, 2.45) is 0 Å². The maximum atomic E-state index is 12.2. The predicted molar refractivity (Wildman–Crippen MR) is 87.5 cm³/mol. The van der Waals surface area contributed by atoms with Gasteiger partial charge >= 0.3 is 5.97 Å². The van der Waals surface area contributed by atoms with Gasteiger partial charge < -0.3 is 15.3 Å². The molecule has 2 amide bonds. The predicted octanol–water partition coefficient (Wildman–Crippen LogP) is 2.15. The van der Waals surface area contributed by atoms with Gasteiger partial charge in [0.15, 0.2) is 0 Å². The Morgan fingerprint density at radius 1 is 1.04 bits per heavy atom. The monoisotopic (exact) mass is 320 g/mol. The molecule has 0 aliphatic rings. The lowest BCUT2D eigenvalue weighted by molar-refractivity contribution is -0.139. The number of carbonyl (C=O) groups is 3. The van der Waals surface area contributed by atoms with Crippen molar-refractivity contribution in [3.8, 4) is 0 Å². The molecule has 1 unspecified atom stereocenters. The fourth-order valence-corrected chi connectivity index (χ4v) is 2.25. The Morgan fingerprint density at radius 3 is 2.00 bits per heavy atom. The number of carboxylic acids is 1. The molecule has 0 saturated carbocycles. The van der Waals surface area contributed by atoms with Gasteiger partial charge in [-0.05, 0) is 44.5 Å². The lowest BCUT2D eigenvalue weighted by Gasteiger charge is -2.18. The second-order valence-electron chi connectivity index (χ2n) is 5.21. The molecule has 0 heterocycles. The van der Waals surface area contributed by atoms with Crippen molar-refractivity contribution in [2.45, 2.75) is 39.7 Å². The highest BCUT2D eigenvalue weighted by Crippen LogP contribution is 2.09. The summed E-state index contributed by atoms with van der Waals surface area (Å²) in [7, 11) is 0. The molecule has 6 heteroatoms. The van der Waals surface area contributed by atoms with E-state index in [-0.39, 0.29) is 5.91 Å². The van der Waals surface area contributed by atoms with E-state index in [9.17, 15) is 14.4 Å². The van der Waals surface area contributed by atoms with Gasteiger partial charge in [-0.3, -0.25) is 9.59 Å². The van der Waals surface area contributed by atoms with Crippen LogP contribution >= 0.6 is 0 Å². The summed E-state index contributed by atoms with van der Waals surface area (Å²) in [5.74, 6) is -1.59. The normalized spacial score (nSPS) is 11.6. The highest BCUT2D eigenvalue weighted by molar-refractivity contribution is 5.99. The van der Waals surface area contributed by atoms with E-state index in [2.05, 4.69) is 5.32 Å². The largest absolute Gasteiger partial charge is 0.480 e. The summed E-state index contributed by atoms with van der Waals surface area (Å²) < 4.78 is 0. The Balaban J connectivity index is 2.81. The number of carbonyl (C=O) groups excluding carboxylic acids is 2. The van der Waals surface area contributed by atoms with Gasteiger partial charge in [0.2, 0.25) is 0 Å². The zero-order chi connectivity index (χ0) is 17.4. The van der Waals surface area contributed by atoms with Crippen LogP contribution in [0.3, 0.4) is 0 Å². The fraction of sp³-hybridized carbons (Fsp3) is 0.471. The van der Waals surface area contributed by atoms with Crippen LogP contribution in [0.1, 0.15) is 54.3 Å². The first-order chi connectivity index (χ1) is 10.9. The van der Waals surface area contributed by atoms with Gasteiger partial charge in [0.05, 0.1) is 0 Å². The third kappa shape index (κ3) is 5.09. The first-order valence-electron chi connectivity index (χ1n) is 7.87. The minimum atomic E-state index is -1.05. The quantitative estimate of drug-likeness (QED) is 0.768. The van der Waals surface area contributed by atoms with E-state index in [1.54, 1.807) is 17.0 Å². The van der Waals surface area contributed by atoms with Crippen molar-refractivity contribution in [1.82, 2.24) is 10.2 Å². The molecule has 0 radical (unpaired) electrons. The van der Waals surface area contributed by atoms with Crippen molar-refractivity contribution >= 4 is 17.8 Å². The molecule has 0 bridgehead atoms. The summed E-state index contributed by atoms with van der Waals surface area (Å²) in [5, 5.41) is 11.6. The summed E-state index contributed by atoms with van der Waals surface area (Å²) in [6.07, 6.45) is 1.04. The van der Waals surface area contributed by atoms with Gasteiger partial charge in [-0.25, -0.2) is 4.79 Å². The van der Waals surface area contributed by atoms with Crippen LogP contribution in [0, 0.1) is 0 Å². The molecule has 1 aromatic carbocycles. The molecule has 2 N–H and O–H groups in total. The molecule has 0 aliphatic heterocycles. The third-order valence-corrected chi connectivity index (χ3v) is 3.63. The highest BCUT2D eigenvalue weighted by Gasteiger charge is 2.20. The molecule has 0 fully saturated rings. The first kappa shape index (κ1) is 18.7. The minimum absolute atomic E-state index is 0.0867. The minimum Gasteiger partial charge on any atom is -0.480 e. The van der Waals surface area contributed by atoms with Crippen molar-refractivity contribution in [1.29, 1.82) is 0 Å². The topological polar surface area (TPSA) is 86.7 Å². The molecule has 1 rings (SSSR count). The van der Waals surface area contributed by atoms with Crippen LogP contribution in [0.4, 0.5) is 0 Å². The van der Waals surface area contributed by atoms with Crippen LogP contribution in [-0.4, -0.2) is 46.9 Å². The maximum Gasteiger partial charge on any atom is 0.326 e. The molecule has 6 nitrogen and oxygen atoms in total. The van der Waals surface area contributed by atoms with E-state index in [4.69, 9.17) is 5.11 Å². The Kier molecular flexibility index (Phi) is 7.25. The maximum absolute atomic E-state index is 12.2. The molecule has 126 valence electrons. The zero-order valence-electron chi connectivity index (χ0n) is 13.8. The van der Waals surface area contributed by atoms with Crippen LogP contribution in [-0.2, 0) is 4.79 Å². The number of hydrogen-bond acceptors (Lipinski definition) is 3. The second kappa shape index (κ2) is 8.92. The molecular formula is C17H24N2O4. The molecule has 1 atom stereocenters. The average molecular weight is 320 g/mol. The number of benzene rings is 1. The Bertz CT molecular complexity index is 550. The average Bonchev–Trinajstić information content (AvgIpc) is 2.55. The number of carboxylic acid groups (broad SMARTS) is 1. The van der Waals surface area contributed by atoms with Crippen molar-refractivity contribution in [3.05, 3.63) is 35.4 Å². The van der Waals surface area contributed by atoms with E-state index in [0.29, 0.717) is 37.1 Å². The smallest absolute Gasteiger partial charge is 0.326 e. The van der Waals surface area contributed by atoms with Crippen molar-refractivity contribution in [3.63, 3.8) is 0 Å². The van der Waals surface area contributed by atoms with Crippen molar-refractivity contribution < 1.29 is 19.5 Å². The third-order valence-electron chi connectivity index (χ3n) is 3.63. The summed E-state index contributed by atoms with van der Waals surface area (Å²) >= 11 is 0. The van der Waals surface area contributed by atoms with E-state index in [1.165, 1.54) is 12.1 Å². The SMILES string of the molecule is CCCC(NC(=O)c1ccc(C(=O)N(CC)CC)cc1)C(=O)O. The second-order valence-corrected chi connectivity index (χ2v) is 5.21. The summed E-state index contributed by atoms with van der Waals surface area (Å²) in [4.78, 5) is 37.0. The molecule has 0 saturated heterocycles. The van der Waals surface area contributed by atoms with Crippen LogP contribution in [0.2, 0.25) is 0 Å². The van der Waals surface area contributed by atoms with Crippen LogP contribution in [0.15, 0.2) is 24.3 Å². The van der Waals surface area contributed by atoms with E-state index < -0.39 is 17.9 Å². The fourth-order valence-electron chi connectivity index (χ4n) is 2.25. The van der Waals surface area contributed by atoms with Crippen LogP contribution in [0.5, 0.6) is 0 Å². The molecular weight excluding hydrogens is 296 g/mol. The van der Waals surface area contributed by atoms with Gasteiger partial charge in [-0.2, -0.15) is 0 Å². The summed E-state index contributed by atoms with van der Waals surface area (Å²) in [6, 6.07) is 5.36. The molecule has 23 heavy (non-hydrogen) atoms.